The molecule has 0 amide bonds. The third kappa shape index (κ3) is 3.67. The van der Waals surface area contributed by atoms with Gasteiger partial charge in [-0.05, 0) is 48.1 Å². The van der Waals surface area contributed by atoms with Gasteiger partial charge in [0.15, 0.2) is 10.9 Å². The lowest BCUT2D eigenvalue weighted by Crippen LogP contribution is -2.43. The second-order valence-corrected chi connectivity index (χ2v) is 7.15. The average molecular weight is 398 g/mol. The first-order valence-electron chi connectivity index (χ1n) is 9.32. The molecular weight excluding hydrogens is 376 g/mol. The van der Waals surface area contributed by atoms with E-state index < -0.39 is 0 Å². The number of aromatic nitrogens is 2. The molecule has 9 heteroatoms. The Hall–Kier alpha value is -2.65. The van der Waals surface area contributed by atoms with Crippen LogP contribution in [0.1, 0.15) is 11.3 Å². The number of nitrogens with one attached hydrogen (secondary N) is 1. The van der Waals surface area contributed by atoms with Crippen molar-refractivity contribution in [3.63, 3.8) is 0 Å². The van der Waals surface area contributed by atoms with Crippen LogP contribution in [0.5, 0.6) is 0 Å². The van der Waals surface area contributed by atoms with Crippen molar-refractivity contribution in [3.8, 4) is 11.4 Å². The van der Waals surface area contributed by atoms with Crippen molar-refractivity contribution in [2.24, 2.45) is 5.18 Å². The smallest absolute Gasteiger partial charge is 0.169 e. The molecule has 2 aliphatic heterocycles. The summed E-state index contributed by atoms with van der Waals surface area (Å²) in [4.78, 5) is 24.9. The van der Waals surface area contributed by atoms with Gasteiger partial charge in [0.2, 0.25) is 0 Å². The SMILES string of the molecule is CNC(=S)N1CCc2c(nc(-c3ccc(N=O)cc3)nc2N2CCOCC2)C1. The standard InChI is InChI=1S/C19H22N6O2S/c1-20-19(28)25-7-6-15-16(12-25)21-17(13-2-4-14(23-26)5-3-13)22-18(15)24-8-10-27-11-9-24/h2-5H,6-12H2,1H3,(H,20,28). The summed E-state index contributed by atoms with van der Waals surface area (Å²) < 4.78 is 5.51. The van der Waals surface area contributed by atoms with E-state index in [-0.39, 0.29) is 0 Å². The molecule has 146 valence electrons. The van der Waals surface area contributed by atoms with Gasteiger partial charge in [0.05, 0.1) is 25.5 Å². The highest BCUT2D eigenvalue weighted by molar-refractivity contribution is 7.80. The van der Waals surface area contributed by atoms with Crippen LogP contribution < -0.4 is 10.2 Å². The number of anilines is 1. The van der Waals surface area contributed by atoms with Gasteiger partial charge in [-0.1, -0.05) is 0 Å². The van der Waals surface area contributed by atoms with Gasteiger partial charge in [-0.3, -0.25) is 0 Å². The van der Waals surface area contributed by atoms with Crippen molar-refractivity contribution in [2.45, 2.75) is 13.0 Å². The van der Waals surface area contributed by atoms with Crippen LogP contribution in [0.15, 0.2) is 29.4 Å². The van der Waals surface area contributed by atoms with E-state index >= 15 is 0 Å². The Kier molecular flexibility index (Phi) is 5.45. The van der Waals surface area contributed by atoms with E-state index in [0.29, 0.717) is 31.3 Å². The van der Waals surface area contributed by atoms with Crippen LogP contribution in [-0.2, 0) is 17.7 Å². The molecule has 1 N–H and O–H groups in total. The number of nitrogens with zero attached hydrogens (tertiary/aromatic N) is 5. The monoisotopic (exact) mass is 398 g/mol. The van der Waals surface area contributed by atoms with Gasteiger partial charge in [-0.2, -0.15) is 0 Å². The van der Waals surface area contributed by atoms with Gasteiger partial charge in [0.1, 0.15) is 11.5 Å². The van der Waals surface area contributed by atoms with Crippen LogP contribution >= 0.6 is 12.2 Å². The van der Waals surface area contributed by atoms with Crippen LogP contribution in [0.2, 0.25) is 0 Å². The summed E-state index contributed by atoms with van der Waals surface area (Å²) >= 11 is 5.42. The second-order valence-electron chi connectivity index (χ2n) is 6.76. The normalized spacial score (nSPS) is 16.5. The quantitative estimate of drug-likeness (QED) is 0.623. The Morgan fingerprint density at radius 2 is 1.93 bits per heavy atom. The summed E-state index contributed by atoms with van der Waals surface area (Å²) in [5, 5.41) is 6.74. The van der Waals surface area contributed by atoms with Crippen LogP contribution in [0.3, 0.4) is 0 Å². The maximum absolute atomic E-state index is 10.7. The Bertz CT molecular complexity index is 883. The molecule has 1 aromatic heterocycles. The number of hydrogen-bond donors (Lipinski definition) is 1. The fraction of sp³-hybridized carbons (Fsp3) is 0.421. The predicted octanol–water partition coefficient (Wildman–Crippen LogP) is 2.24. The molecule has 0 saturated carbocycles. The van der Waals surface area contributed by atoms with Gasteiger partial charge >= 0.3 is 0 Å². The number of rotatable bonds is 3. The zero-order valence-corrected chi connectivity index (χ0v) is 16.5. The zero-order valence-electron chi connectivity index (χ0n) is 15.7. The molecule has 0 bridgehead atoms. The zero-order chi connectivity index (χ0) is 19.5. The van der Waals surface area contributed by atoms with Gasteiger partial charge in [0.25, 0.3) is 0 Å². The summed E-state index contributed by atoms with van der Waals surface area (Å²) in [5.74, 6) is 1.63. The Morgan fingerprint density at radius 1 is 1.18 bits per heavy atom. The van der Waals surface area contributed by atoms with E-state index in [1.165, 1.54) is 5.56 Å². The number of hydrogen-bond acceptors (Lipinski definition) is 7. The summed E-state index contributed by atoms with van der Waals surface area (Å²) in [5.41, 5.74) is 3.43. The van der Waals surface area contributed by atoms with Crippen LogP contribution in [0.25, 0.3) is 11.4 Å². The molecule has 0 unspecified atom stereocenters. The van der Waals surface area contributed by atoms with Crippen molar-refractivity contribution in [1.29, 1.82) is 0 Å². The summed E-state index contributed by atoms with van der Waals surface area (Å²) in [6, 6.07) is 7.03. The van der Waals surface area contributed by atoms with E-state index in [1.807, 2.05) is 19.2 Å². The third-order valence-corrected chi connectivity index (χ3v) is 5.55. The summed E-state index contributed by atoms with van der Waals surface area (Å²) in [6.45, 7) is 4.51. The highest BCUT2D eigenvalue weighted by Crippen LogP contribution is 2.30. The lowest BCUT2D eigenvalue weighted by molar-refractivity contribution is 0.122. The highest BCUT2D eigenvalue weighted by Gasteiger charge is 2.27. The van der Waals surface area contributed by atoms with Gasteiger partial charge in [-0.25, -0.2) is 9.97 Å². The maximum Gasteiger partial charge on any atom is 0.169 e. The molecule has 0 atom stereocenters. The average Bonchev–Trinajstić information content (AvgIpc) is 2.78. The largest absolute Gasteiger partial charge is 0.378 e. The van der Waals surface area contributed by atoms with E-state index in [1.54, 1.807) is 12.1 Å². The second kappa shape index (κ2) is 8.15. The minimum Gasteiger partial charge on any atom is -0.378 e. The first kappa shape index (κ1) is 18.7. The lowest BCUT2D eigenvalue weighted by atomic mass is 10.0. The number of ether oxygens (including phenoxy) is 1. The molecule has 2 aliphatic rings. The Labute approximate surface area is 168 Å². The van der Waals surface area contributed by atoms with Crippen molar-refractivity contribution >= 4 is 28.8 Å². The number of benzene rings is 1. The fourth-order valence-electron chi connectivity index (χ4n) is 3.58. The van der Waals surface area contributed by atoms with Crippen molar-refractivity contribution in [1.82, 2.24) is 20.2 Å². The molecule has 8 nitrogen and oxygen atoms in total. The van der Waals surface area contributed by atoms with Gasteiger partial charge < -0.3 is 19.9 Å². The minimum absolute atomic E-state index is 0.389. The number of morpholine rings is 1. The van der Waals surface area contributed by atoms with Crippen molar-refractivity contribution < 1.29 is 4.74 Å². The van der Waals surface area contributed by atoms with E-state index in [0.717, 1.165) is 48.2 Å². The van der Waals surface area contributed by atoms with Crippen LogP contribution in [-0.4, -0.2) is 59.9 Å². The Morgan fingerprint density at radius 3 is 2.61 bits per heavy atom. The van der Waals surface area contributed by atoms with Crippen LogP contribution in [0, 0.1) is 4.91 Å². The van der Waals surface area contributed by atoms with Crippen molar-refractivity contribution in [2.75, 3.05) is 44.8 Å². The molecule has 4 rings (SSSR count). The molecule has 2 aromatic rings. The molecule has 1 aromatic carbocycles. The molecule has 1 fully saturated rings. The van der Waals surface area contributed by atoms with Gasteiger partial charge in [-0.15, -0.1) is 4.91 Å². The first-order chi connectivity index (χ1) is 13.7. The predicted molar refractivity (Wildman–Crippen MR) is 112 cm³/mol. The third-order valence-electron chi connectivity index (χ3n) is 5.09. The molecule has 0 spiro atoms. The lowest BCUT2D eigenvalue weighted by Gasteiger charge is -2.35. The molecule has 0 radical (unpaired) electrons. The minimum atomic E-state index is 0.389. The maximum atomic E-state index is 10.7. The fourth-order valence-corrected chi connectivity index (χ4v) is 3.74. The summed E-state index contributed by atoms with van der Waals surface area (Å²) in [6.07, 6.45) is 0.845. The van der Waals surface area contributed by atoms with Gasteiger partial charge in [0, 0.05) is 37.8 Å². The van der Waals surface area contributed by atoms with E-state index in [4.69, 9.17) is 26.9 Å². The molecular formula is C19H22N6O2S. The highest BCUT2D eigenvalue weighted by atomic mass is 32.1. The number of nitroso groups, excluding NO2 is 1. The van der Waals surface area contributed by atoms with Crippen LogP contribution in [0.4, 0.5) is 11.5 Å². The molecule has 1 saturated heterocycles. The topological polar surface area (TPSA) is 82.9 Å². The number of thiocarbonyl (C=S) groups is 1. The molecule has 3 heterocycles. The molecule has 28 heavy (non-hydrogen) atoms. The van der Waals surface area contributed by atoms with E-state index in [9.17, 15) is 4.91 Å². The van der Waals surface area contributed by atoms with Crippen molar-refractivity contribution in [3.05, 3.63) is 40.4 Å². The van der Waals surface area contributed by atoms with E-state index in [2.05, 4.69) is 20.3 Å². The summed E-state index contributed by atoms with van der Waals surface area (Å²) in [7, 11) is 1.84. The first-order valence-corrected chi connectivity index (χ1v) is 9.73. The number of fused-ring (bicyclic) bond motifs is 1. The molecule has 0 aliphatic carbocycles. The Balaban J connectivity index is 1.76.